The largest absolute Gasteiger partial charge is 0.346 e. The summed E-state index contributed by atoms with van der Waals surface area (Å²) in [6.07, 6.45) is 7.71. The second kappa shape index (κ2) is 16.1. The second-order valence-corrected chi connectivity index (χ2v) is 16.3. The molecule has 6 atom stereocenters. The fraction of sp³-hybridized carbons (Fsp3) is 0.757. The number of hydrogen-bond acceptors (Lipinski definition) is 7. The quantitative estimate of drug-likeness (QED) is 0.123. The Morgan fingerprint density at radius 2 is 1.60 bits per heavy atom. The molecular formula is C37H58N6O7. The molecule has 0 aromatic heterocycles. The van der Waals surface area contributed by atoms with Gasteiger partial charge in [-0.15, -0.1) is 6.58 Å². The topological polar surface area (TPSA) is 174 Å². The molecule has 0 aromatic carbocycles. The minimum absolute atomic E-state index is 0.0344. The minimum atomic E-state index is -1.04. The lowest BCUT2D eigenvalue weighted by atomic mass is 9.83. The molecule has 2 saturated heterocycles. The molecular weight excluding hydrogens is 640 g/mol. The van der Waals surface area contributed by atoms with Crippen molar-refractivity contribution in [1.82, 2.24) is 31.1 Å². The second-order valence-electron chi connectivity index (χ2n) is 16.3. The Kier molecular flexibility index (Phi) is 12.5. The number of fused-ring (bicyclic) bond motifs is 1. The van der Waals surface area contributed by atoms with Gasteiger partial charge in [-0.3, -0.25) is 33.7 Å². The van der Waals surface area contributed by atoms with Crippen molar-refractivity contribution in [1.29, 1.82) is 0 Å². The molecule has 4 aliphatic rings. The van der Waals surface area contributed by atoms with E-state index in [4.69, 9.17) is 0 Å². The van der Waals surface area contributed by atoms with Gasteiger partial charge in [0.15, 0.2) is 0 Å². The summed E-state index contributed by atoms with van der Waals surface area (Å²) in [6.45, 7) is 15.8. The number of hydrogen-bond donors (Lipinski definition) is 4. The van der Waals surface area contributed by atoms with E-state index in [0.29, 0.717) is 19.4 Å². The number of imide groups is 1. The predicted molar refractivity (Wildman–Crippen MR) is 187 cm³/mol. The van der Waals surface area contributed by atoms with Gasteiger partial charge in [0, 0.05) is 32.5 Å². The van der Waals surface area contributed by atoms with Crippen LogP contribution in [-0.2, 0) is 28.8 Å². The van der Waals surface area contributed by atoms with Crippen LogP contribution in [0.25, 0.3) is 0 Å². The Morgan fingerprint density at radius 3 is 2.18 bits per heavy atom. The van der Waals surface area contributed by atoms with Crippen molar-refractivity contribution in [2.45, 2.75) is 130 Å². The molecule has 278 valence electrons. The maximum absolute atomic E-state index is 14.6. The maximum atomic E-state index is 14.6. The number of carbonyl (C=O) groups excluding carboxylic acids is 7. The Hall–Kier alpha value is -3.77. The lowest BCUT2D eigenvalue weighted by Crippen LogP contribution is -2.62. The molecule has 1 unspecified atom stereocenters. The van der Waals surface area contributed by atoms with Crippen LogP contribution in [0.1, 0.15) is 106 Å². The van der Waals surface area contributed by atoms with Gasteiger partial charge < -0.3 is 26.2 Å². The summed E-state index contributed by atoms with van der Waals surface area (Å²) in [7, 11) is 0. The molecule has 2 aliphatic carbocycles. The molecule has 2 heterocycles. The summed E-state index contributed by atoms with van der Waals surface area (Å²) in [4.78, 5) is 96.0. The van der Waals surface area contributed by atoms with E-state index in [2.05, 4.69) is 41.7 Å². The van der Waals surface area contributed by atoms with Crippen LogP contribution in [0.4, 0.5) is 4.79 Å². The average Bonchev–Trinajstić information content (AvgIpc) is 3.37. The van der Waals surface area contributed by atoms with E-state index in [9.17, 15) is 33.6 Å². The third-order valence-electron chi connectivity index (χ3n) is 11.4. The number of nitrogens with one attached hydrogen (secondary N) is 4. The third kappa shape index (κ3) is 8.74. The van der Waals surface area contributed by atoms with E-state index in [1.165, 1.54) is 11.0 Å². The standard InChI is InChI=1S/C37H58N6O7/c1-8-14-24(31(46)33(48)38-19-9-2)39-32(47)30-28-23(37(28,6)7)20-43(30)34(49)29(22-15-11-10-12-16-22)41-35(50)40-25(36(3,4)5)21-42-26(44)17-13-18-27(42)45/h9,22-25,28-30H,2,8,10-21H2,1,3-7H3,(H,38,48)(H,39,47)(H2,40,41,50)/t23-,24?,25+,28-,29-,30-/m0/s1. The van der Waals surface area contributed by atoms with Crippen molar-refractivity contribution in [2.24, 2.45) is 28.6 Å². The van der Waals surface area contributed by atoms with E-state index in [1.807, 2.05) is 27.7 Å². The number of carbonyl (C=O) groups is 7. The first kappa shape index (κ1) is 39.0. The van der Waals surface area contributed by atoms with Gasteiger partial charge in [-0.2, -0.15) is 0 Å². The van der Waals surface area contributed by atoms with Gasteiger partial charge in [0.05, 0.1) is 12.1 Å². The third-order valence-corrected chi connectivity index (χ3v) is 11.4. The molecule has 4 rings (SSSR count). The highest BCUT2D eigenvalue weighted by molar-refractivity contribution is 6.38. The van der Waals surface area contributed by atoms with E-state index >= 15 is 0 Å². The molecule has 0 spiro atoms. The van der Waals surface area contributed by atoms with Crippen molar-refractivity contribution in [3.63, 3.8) is 0 Å². The number of nitrogens with zero attached hydrogens (tertiary/aromatic N) is 2. The SMILES string of the molecule is C=CCNC(=O)C(=O)C(CCC)NC(=O)[C@@H]1[C@@H]2[C@H](CN1C(=O)[C@@H](NC(=O)N[C@H](CN1C(=O)CCCC1=O)C(C)(C)C)C1CCCCC1)C2(C)C. The van der Waals surface area contributed by atoms with Crippen molar-refractivity contribution in [2.75, 3.05) is 19.6 Å². The molecule has 13 nitrogen and oxygen atoms in total. The summed E-state index contributed by atoms with van der Waals surface area (Å²) in [5.74, 6) is -3.08. The van der Waals surface area contributed by atoms with Crippen molar-refractivity contribution in [3.8, 4) is 0 Å². The zero-order chi connectivity index (χ0) is 37.0. The van der Waals surface area contributed by atoms with Gasteiger partial charge in [0.1, 0.15) is 12.1 Å². The molecule has 0 aromatic rings. The highest BCUT2D eigenvalue weighted by Crippen LogP contribution is 2.65. The number of amides is 7. The monoisotopic (exact) mass is 698 g/mol. The maximum Gasteiger partial charge on any atom is 0.315 e. The van der Waals surface area contributed by atoms with Gasteiger partial charge in [0.2, 0.25) is 29.4 Å². The van der Waals surface area contributed by atoms with E-state index in [0.717, 1.165) is 32.1 Å². The van der Waals surface area contributed by atoms with Crippen LogP contribution in [0.3, 0.4) is 0 Å². The Morgan fingerprint density at radius 1 is 0.960 bits per heavy atom. The number of ketones is 1. The fourth-order valence-electron chi connectivity index (χ4n) is 8.13. The van der Waals surface area contributed by atoms with Gasteiger partial charge in [-0.05, 0) is 54.3 Å². The van der Waals surface area contributed by atoms with Crippen LogP contribution >= 0.6 is 0 Å². The average molecular weight is 699 g/mol. The Balaban J connectivity index is 1.55. The Bertz CT molecular complexity index is 1330. The van der Waals surface area contributed by atoms with Crippen LogP contribution < -0.4 is 21.3 Å². The van der Waals surface area contributed by atoms with Gasteiger partial charge >= 0.3 is 6.03 Å². The van der Waals surface area contributed by atoms with E-state index < -0.39 is 53.2 Å². The fourth-order valence-corrected chi connectivity index (χ4v) is 8.13. The van der Waals surface area contributed by atoms with Gasteiger partial charge in [-0.25, -0.2) is 4.79 Å². The molecule has 4 fully saturated rings. The smallest absolute Gasteiger partial charge is 0.315 e. The van der Waals surface area contributed by atoms with Gasteiger partial charge in [0.25, 0.3) is 5.91 Å². The van der Waals surface area contributed by atoms with E-state index in [1.54, 1.807) is 4.90 Å². The zero-order valence-corrected chi connectivity index (χ0v) is 30.8. The number of piperidine rings is 2. The molecule has 2 saturated carbocycles. The summed E-state index contributed by atoms with van der Waals surface area (Å²) < 4.78 is 0. The highest BCUT2D eigenvalue weighted by atomic mass is 16.2. The Labute approximate surface area is 296 Å². The van der Waals surface area contributed by atoms with Crippen molar-refractivity contribution < 1.29 is 33.6 Å². The lowest BCUT2D eigenvalue weighted by Gasteiger charge is -2.39. The number of Topliss-reactive ketones (excluding diaryl/α,β-unsaturated/α-hetero) is 1. The van der Waals surface area contributed by atoms with Crippen LogP contribution in [-0.4, -0.2) is 95.0 Å². The van der Waals surface area contributed by atoms with Crippen molar-refractivity contribution in [3.05, 3.63) is 12.7 Å². The molecule has 2 aliphatic heterocycles. The number of likely N-dealkylation sites (tertiary alicyclic amines) is 2. The molecule has 0 bridgehead atoms. The van der Waals surface area contributed by atoms with Crippen molar-refractivity contribution >= 4 is 41.4 Å². The normalized spacial score (nSPS) is 25.1. The first-order valence-electron chi connectivity index (χ1n) is 18.5. The molecule has 4 N–H and O–H groups in total. The highest BCUT2D eigenvalue weighted by Gasteiger charge is 2.69. The minimum Gasteiger partial charge on any atom is -0.346 e. The lowest BCUT2D eigenvalue weighted by molar-refractivity contribution is -0.148. The molecule has 7 amide bonds. The predicted octanol–water partition coefficient (Wildman–Crippen LogP) is 2.83. The number of rotatable bonds is 14. The molecule has 0 radical (unpaired) electrons. The summed E-state index contributed by atoms with van der Waals surface area (Å²) in [5, 5.41) is 11.2. The summed E-state index contributed by atoms with van der Waals surface area (Å²) >= 11 is 0. The van der Waals surface area contributed by atoms with Crippen LogP contribution in [0, 0.1) is 28.6 Å². The first-order valence-corrected chi connectivity index (χ1v) is 18.5. The first-order chi connectivity index (χ1) is 23.5. The zero-order valence-electron chi connectivity index (χ0n) is 30.8. The summed E-state index contributed by atoms with van der Waals surface area (Å²) in [6, 6.07) is -3.95. The molecule has 50 heavy (non-hydrogen) atoms. The van der Waals surface area contributed by atoms with Gasteiger partial charge in [-0.1, -0.05) is 73.3 Å². The van der Waals surface area contributed by atoms with Crippen LogP contribution in [0.2, 0.25) is 0 Å². The molecule has 13 heteroatoms. The number of urea groups is 1. The summed E-state index contributed by atoms with van der Waals surface area (Å²) in [5.41, 5.74) is -0.710. The van der Waals surface area contributed by atoms with Crippen LogP contribution in [0.15, 0.2) is 12.7 Å². The van der Waals surface area contributed by atoms with E-state index in [-0.39, 0.29) is 73.2 Å². The van der Waals surface area contributed by atoms with Crippen LogP contribution in [0.5, 0.6) is 0 Å².